The Morgan fingerprint density at radius 1 is 1.00 bits per heavy atom. The number of para-hydroxylation sites is 1. The van der Waals surface area contributed by atoms with Gasteiger partial charge in [0, 0.05) is 17.8 Å². The van der Waals surface area contributed by atoms with Gasteiger partial charge in [-0.25, -0.2) is 0 Å². The molecule has 0 amide bonds. The van der Waals surface area contributed by atoms with Gasteiger partial charge >= 0.3 is 35.6 Å². The molecule has 2 aliphatic carbocycles. The Labute approximate surface area is 200 Å². The summed E-state index contributed by atoms with van der Waals surface area (Å²) >= 11 is -0.556. The molecule has 168 valence electrons. The summed E-state index contributed by atoms with van der Waals surface area (Å²) in [6, 6.07) is 6.66. The number of aromatic hydroxyl groups is 1. The number of benzene rings is 1. The molecule has 2 fully saturated rings. The fourth-order valence-corrected chi connectivity index (χ4v) is 5.52. The first-order valence-corrected chi connectivity index (χ1v) is 15.8. The number of halogens is 2. The van der Waals surface area contributed by atoms with Crippen LogP contribution < -0.4 is 0 Å². The van der Waals surface area contributed by atoms with Crippen molar-refractivity contribution in [2.45, 2.75) is 91.5 Å². The standard InChI is InChI=1S/C25H39NO.2ClH.Ti/c1-17-8-6-9-18(2)23(17)22-11-7-10-19(24(22)27)16-26-21-14-12-20(13-15-21)25(3,4)5;;;/h7,10-11,16-18,20-21,23,27H,6,8-9,12-15H2,1-5H3;2*1H;/q;;;+2/p-2. The summed E-state index contributed by atoms with van der Waals surface area (Å²) in [5, 5.41) is 11.0. The van der Waals surface area contributed by atoms with Gasteiger partial charge in [-0.15, -0.1) is 0 Å². The van der Waals surface area contributed by atoms with Gasteiger partial charge in [0.05, 0.1) is 0 Å². The second-order valence-electron chi connectivity index (χ2n) is 10.4. The molecular weight excluding hydrogens is 449 g/mol. The van der Waals surface area contributed by atoms with Gasteiger partial charge < -0.3 is 5.11 Å². The van der Waals surface area contributed by atoms with Crippen molar-refractivity contribution in [1.82, 2.24) is 0 Å². The van der Waals surface area contributed by atoms with Crippen molar-refractivity contribution in [3.63, 3.8) is 0 Å². The number of hydrogen-bond acceptors (Lipinski definition) is 2. The predicted molar refractivity (Wildman–Crippen MR) is 128 cm³/mol. The molecule has 0 bridgehead atoms. The zero-order valence-electron chi connectivity index (χ0n) is 19.3. The van der Waals surface area contributed by atoms with Gasteiger partial charge in [0.1, 0.15) is 5.75 Å². The summed E-state index contributed by atoms with van der Waals surface area (Å²) in [4.78, 5) is 4.87. The Bertz CT molecular complexity index is 670. The van der Waals surface area contributed by atoms with Crippen LogP contribution in [-0.2, 0) is 17.0 Å². The second kappa shape index (κ2) is 12.3. The van der Waals surface area contributed by atoms with E-state index in [1.54, 1.807) is 0 Å². The topological polar surface area (TPSA) is 32.6 Å². The summed E-state index contributed by atoms with van der Waals surface area (Å²) < 4.78 is 0. The van der Waals surface area contributed by atoms with E-state index < -0.39 is 17.0 Å². The third-order valence-corrected chi connectivity index (χ3v) is 7.35. The van der Waals surface area contributed by atoms with Crippen LogP contribution in [-0.4, -0.2) is 17.4 Å². The molecule has 0 aliphatic heterocycles. The molecule has 2 nitrogen and oxygen atoms in total. The van der Waals surface area contributed by atoms with E-state index in [-0.39, 0.29) is 0 Å². The number of phenols is 1. The molecule has 1 N–H and O–H groups in total. The van der Waals surface area contributed by atoms with Crippen LogP contribution in [0.2, 0.25) is 0 Å². The molecule has 0 spiro atoms. The number of phenolic OH excluding ortho intramolecular Hbond substituents is 1. The summed E-state index contributed by atoms with van der Waals surface area (Å²) in [6.45, 7) is 11.8. The van der Waals surface area contributed by atoms with Crippen molar-refractivity contribution in [2.24, 2.45) is 28.2 Å². The van der Waals surface area contributed by atoms with E-state index in [0.29, 0.717) is 35.0 Å². The maximum atomic E-state index is 11.0. The molecule has 2 atom stereocenters. The molecule has 2 aliphatic rings. The SMILES string of the molecule is CC1CCCC(C)C1c1cccc(C=NC2CCC(C(C)(C)C)CC2)c1O.[Cl][Ti][Cl]. The van der Waals surface area contributed by atoms with Gasteiger partial charge in [0.15, 0.2) is 0 Å². The molecule has 1 aromatic carbocycles. The van der Waals surface area contributed by atoms with Gasteiger partial charge in [0.2, 0.25) is 0 Å². The van der Waals surface area contributed by atoms with Crippen LogP contribution in [0.4, 0.5) is 0 Å². The zero-order valence-corrected chi connectivity index (χ0v) is 22.4. The van der Waals surface area contributed by atoms with Crippen molar-refractivity contribution >= 4 is 24.8 Å². The first-order chi connectivity index (χ1) is 14.2. The second-order valence-corrected chi connectivity index (χ2v) is 13.0. The third kappa shape index (κ3) is 7.26. The Hall–Kier alpha value is -0.0157. The van der Waals surface area contributed by atoms with Gasteiger partial charge in [-0.2, -0.15) is 0 Å². The van der Waals surface area contributed by atoms with E-state index in [1.807, 2.05) is 12.3 Å². The van der Waals surface area contributed by atoms with Crippen LogP contribution in [0.5, 0.6) is 5.75 Å². The van der Waals surface area contributed by atoms with Crippen LogP contribution in [0.3, 0.4) is 0 Å². The van der Waals surface area contributed by atoms with Crippen LogP contribution in [0.25, 0.3) is 0 Å². The van der Waals surface area contributed by atoms with Crippen LogP contribution >= 0.6 is 18.6 Å². The Kier molecular flexibility index (Phi) is 10.7. The third-order valence-electron chi connectivity index (χ3n) is 7.35. The minimum atomic E-state index is -0.556. The summed E-state index contributed by atoms with van der Waals surface area (Å²) in [5.74, 6) is 3.03. The number of nitrogens with zero attached hydrogens (tertiary/aromatic N) is 1. The van der Waals surface area contributed by atoms with Crippen molar-refractivity contribution < 1.29 is 22.1 Å². The van der Waals surface area contributed by atoms with Gasteiger partial charge in [-0.3, -0.25) is 4.99 Å². The molecule has 2 saturated carbocycles. The summed E-state index contributed by atoms with van der Waals surface area (Å²) in [6.07, 6.45) is 10.7. The molecule has 0 heterocycles. The van der Waals surface area contributed by atoms with Gasteiger partial charge in [-0.1, -0.05) is 66.0 Å². The summed E-state index contributed by atoms with van der Waals surface area (Å²) in [7, 11) is 9.78. The Balaban J connectivity index is 0.00000101. The fraction of sp³-hybridized carbons (Fsp3) is 0.720. The van der Waals surface area contributed by atoms with Gasteiger partial charge in [-0.05, 0) is 66.4 Å². The average molecular weight is 488 g/mol. The number of hydrogen-bond donors (Lipinski definition) is 1. The molecule has 1 aromatic rings. The quantitative estimate of drug-likeness (QED) is 0.337. The molecule has 0 radical (unpaired) electrons. The Morgan fingerprint density at radius 2 is 1.57 bits per heavy atom. The monoisotopic (exact) mass is 487 g/mol. The molecule has 30 heavy (non-hydrogen) atoms. The van der Waals surface area contributed by atoms with Crippen molar-refractivity contribution in [3.8, 4) is 5.75 Å². The van der Waals surface area contributed by atoms with Crippen molar-refractivity contribution in [2.75, 3.05) is 0 Å². The Morgan fingerprint density at radius 3 is 2.10 bits per heavy atom. The molecule has 2 unspecified atom stereocenters. The zero-order chi connectivity index (χ0) is 22.3. The predicted octanol–water partition coefficient (Wildman–Crippen LogP) is 8.33. The summed E-state index contributed by atoms with van der Waals surface area (Å²) in [5.41, 5.74) is 2.44. The molecule has 3 rings (SSSR count). The molecule has 0 aromatic heterocycles. The fourth-order valence-electron chi connectivity index (χ4n) is 5.52. The van der Waals surface area contributed by atoms with E-state index in [2.05, 4.69) is 46.8 Å². The van der Waals surface area contributed by atoms with Crippen LogP contribution in [0.15, 0.2) is 23.2 Å². The van der Waals surface area contributed by atoms with E-state index in [0.717, 1.165) is 17.0 Å². The van der Waals surface area contributed by atoms with Crippen molar-refractivity contribution in [3.05, 3.63) is 29.3 Å². The van der Waals surface area contributed by atoms with Gasteiger partial charge in [0.25, 0.3) is 0 Å². The van der Waals surface area contributed by atoms with E-state index >= 15 is 0 Å². The maximum absolute atomic E-state index is 11.0. The normalized spacial score (nSPS) is 29.9. The molecule has 5 heteroatoms. The first-order valence-electron chi connectivity index (χ1n) is 11.5. The van der Waals surface area contributed by atoms with E-state index in [4.69, 9.17) is 23.6 Å². The average Bonchev–Trinajstić information content (AvgIpc) is 2.68. The van der Waals surface area contributed by atoms with Crippen LogP contribution in [0, 0.1) is 23.2 Å². The first kappa shape index (κ1) is 26.2. The molecule has 0 saturated heterocycles. The number of aliphatic imine (C=N–C) groups is 1. The molecular formula is C25H39Cl2NOTi. The van der Waals surface area contributed by atoms with E-state index in [9.17, 15) is 5.11 Å². The van der Waals surface area contributed by atoms with E-state index in [1.165, 1.54) is 44.9 Å². The van der Waals surface area contributed by atoms with Crippen molar-refractivity contribution in [1.29, 1.82) is 0 Å². The van der Waals surface area contributed by atoms with Crippen LogP contribution in [0.1, 0.15) is 96.6 Å². The minimum absolute atomic E-state index is 0.411. The number of rotatable bonds is 3.